The smallest absolute Gasteiger partial charge is 0.306 e. The molecule has 1 heterocycles. The van der Waals surface area contributed by atoms with Gasteiger partial charge in [0.25, 0.3) is 0 Å². The van der Waals surface area contributed by atoms with Crippen LogP contribution in [0.25, 0.3) is 11.3 Å². The van der Waals surface area contributed by atoms with Crippen molar-refractivity contribution in [2.45, 2.75) is 26.6 Å². The van der Waals surface area contributed by atoms with Gasteiger partial charge in [-0.05, 0) is 23.3 Å². The van der Waals surface area contributed by atoms with E-state index in [1.54, 1.807) is 6.92 Å². The van der Waals surface area contributed by atoms with E-state index >= 15 is 0 Å². The fourth-order valence-electron chi connectivity index (χ4n) is 3.36. The van der Waals surface area contributed by atoms with Crippen LogP contribution in [0.15, 0.2) is 101 Å². The second-order valence-electron chi connectivity index (χ2n) is 8.10. The summed E-state index contributed by atoms with van der Waals surface area (Å²) in [6, 6.07) is 28.6. The third-order valence-corrected chi connectivity index (χ3v) is 5.36. The number of carboxylic acids is 1. The molecule has 4 rings (SSSR count). The zero-order valence-corrected chi connectivity index (χ0v) is 19.3. The molecule has 0 aliphatic rings. The largest absolute Gasteiger partial charge is 0.487 e. The van der Waals surface area contributed by atoms with Gasteiger partial charge in [-0.15, -0.1) is 0 Å². The first-order chi connectivity index (χ1) is 17.1. The molecule has 0 aliphatic heterocycles. The number of rotatable bonds is 11. The SMILES string of the molecule is CC(CC(=NOCc1ccc(OCc2cc(-c3ccccc3)on2)cc1)c1ccccc1)C(=O)O. The van der Waals surface area contributed by atoms with E-state index in [9.17, 15) is 9.90 Å². The lowest BCUT2D eigenvalue weighted by atomic mass is 9.99. The maximum Gasteiger partial charge on any atom is 0.306 e. The fraction of sp³-hybridized carbons (Fsp3) is 0.179. The summed E-state index contributed by atoms with van der Waals surface area (Å²) in [4.78, 5) is 16.8. The number of oxime groups is 1. The average Bonchev–Trinajstić information content (AvgIpc) is 3.38. The summed E-state index contributed by atoms with van der Waals surface area (Å²) >= 11 is 0. The predicted octanol–water partition coefficient (Wildman–Crippen LogP) is 5.95. The Bertz CT molecular complexity index is 1250. The summed E-state index contributed by atoms with van der Waals surface area (Å²) in [7, 11) is 0. The van der Waals surface area contributed by atoms with Crippen molar-refractivity contribution >= 4 is 11.7 Å². The number of benzene rings is 3. The monoisotopic (exact) mass is 470 g/mol. The van der Waals surface area contributed by atoms with E-state index in [1.165, 1.54) is 0 Å². The van der Waals surface area contributed by atoms with Gasteiger partial charge in [0.05, 0.1) is 11.6 Å². The Labute approximate surface area is 203 Å². The van der Waals surface area contributed by atoms with Gasteiger partial charge in [0, 0.05) is 18.1 Å². The molecule has 4 aromatic rings. The van der Waals surface area contributed by atoms with Crippen LogP contribution in [0.3, 0.4) is 0 Å². The first-order valence-corrected chi connectivity index (χ1v) is 11.3. The highest BCUT2D eigenvalue weighted by atomic mass is 16.6. The van der Waals surface area contributed by atoms with Crippen LogP contribution in [0.2, 0.25) is 0 Å². The number of carboxylic acid groups (broad SMARTS) is 1. The van der Waals surface area contributed by atoms with Crippen molar-refractivity contribution < 1.29 is 24.0 Å². The minimum atomic E-state index is -0.869. The number of aliphatic carboxylic acids is 1. The second-order valence-corrected chi connectivity index (χ2v) is 8.10. The highest BCUT2D eigenvalue weighted by molar-refractivity contribution is 6.01. The Balaban J connectivity index is 1.32. The molecule has 0 saturated carbocycles. The van der Waals surface area contributed by atoms with Gasteiger partial charge in [0.1, 0.15) is 24.7 Å². The van der Waals surface area contributed by atoms with Gasteiger partial charge in [-0.3, -0.25) is 4.79 Å². The van der Waals surface area contributed by atoms with Crippen LogP contribution in [-0.2, 0) is 22.8 Å². The minimum Gasteiger partial charge on any atom is -0.487 e. The van der Waals surface area contributed by atoms with Crippen LogP contribution in [0, 0.1) is 5.92 Å². The molecule has 35 heavy (non-hydrogen) atoms. The molecule has 0 amide bonds. The Morgan fingerprint density at radius 2 is 1.66 bits per heavy atom. The van der Waals surface area contributed by atoms with E-state index in [-0.39, 0.29) is 13.0 Å². The third kappa shape index (κ3) is 6.80. The molecular formula is C28H26N2O5. The molecule has 0 spiro atoms. The van der Waals surface area contributed by atoms with E-state index in [0.29, 0.717) is 29.5 Å². The van der Waals surface area contributed by atoms with Crippen LogP contribution in [-0.4, -0.2) is 21.9 Å². The first-order valence-electron chi connectivity index (χ1n) is 11.3. The molecular weight excluding hydrogens is 444 g/mol. The number of aromatic nitrogens is 1. The number of carbonyl (C=O) groups is 1. The van der Waals surface area contributed by atoms with E-state index in [2.05, 4.69) is 10.3 Å². The van der Waals surface area contributed by atoms with Crippen molar-refractivity contribution in [3.05, 3.63) is 108 Å². The van der Waals surface area contributed by atoms with E-state index in [0.717, 1.165) is 16.7 Å². The molecule has 1 N–H and O–H groups in total. The van der Waals surface area contributed by atoms with Crippen molar-refractivity contribution in [1.29, 1.82) is 0 Å². The molecule has 178 valence electrons. The van der Waals surface area contributed by atoms with Crippen molar-refractivity contribution in [1.82, 2.24) is 5.16 Å². The van der Waals surface area contributed by atoms with Gasteiger partial charge in [-0.1, -0.05) is 90.0 Å². The lowest BCUT2D eigenvalue weighted by molar-refractivity contribution is -0.140. The number of nitrogens with zero attached hydrogens (tertiary/aromatic N) is 2. The summed E-state index contributed by atoms with van der Waals surface area (Å²) in [6.45, 7) is 2.20. The van der Waals surface area contributed by atoms with Crippen molar-refractivity contribution in [2.24, 2.45) is 11.1 Å². The van der Waals surface area contributed by atoms with Crippen LogP contribution in [0.5, 0.6) is 5.75 Å². The summed E-state index contributed by atoms with van der Waals surface area (Å²) < 4.78 is 11.2. The lowest BCUT2D eigenvalue weighted by Crippen LogP contribution is -2.15. The van der Waals surface area contributed by atoms with E-state index in [1.807, 2.05) is 91.0 Å². The third-order valence-electron chi connectivity index (χ3n) is 5.36. The van der Waals surface area contributed by atoms with Gasteiger partial charge < -0.3 is 19.2 Å². The maximum atomic E-state index is 11.3. The molecule has 1 aromatic heterocycles. The van der Waals surface area contributed by atoms with Gasteiger partial charge in [-0.2, -0.15) is 0 Å². The number of hydrogen-bond acceptors (Lipinski definition) is 6. The molecule has 0 radical (unpaired) electrons. The summed E-state index contributed by atoms with van der Waals surface area (Å²) in [6.07, 6.45) is 0.278. The maximum absolute atomic E-state index is 11.3. The molecule has 0 fully saturated rings. The van der Waals surface area contributed by atoms with Crippen LogP contribution in [0.1, 0.15) is 30.2 Å². The fourth-order valence-corrected chi connectivity index (χ4v) is 3.36. The first kappa shape index (κ1) is 23.8. The van der Waals surface area contributed by atoms with Crippen molar-refractivity contribution in [2.75, 3.05) is 0 Å². The topological polar surface area (TPSA) is 94.2 Å². The standard InChI is InChI=1S/C28H26N2O5/c1-20(28(31)32)16-26(22-8-4-2-5-9-22)30-34-18-21-12-14-25(15-13-21)33-19-24-17-27(35-29-24)23-10-6-3-7-11-23/h2-15,17,20H,16,18-19H2,1H3,(H,31,32). The predicted molar refractivity (Wildman–Crippen MR) is 132 cm³/mol. The van der Waals surface area contributed by atoms with Crippen LogP contribution < -0.4 is 4.74 Å². The van der Waals surface area contributed by atoms with E-state index < -0.39 is 11.9 Å². The number of ether oxygens (including phenoxy) is 1. The van der Waals surface area contributed by atoms with Gasteiger partial charge in [0.15, 0.2) is 5.76 Å². The molecule has 0 saturated heterocycles. The van der Waals surface area contributed by atoms with Crippen molar-refractivity contribution in [3.8, 4) is 17.1 Å². The molecule has 1 unspecified atom stereocenters. The molecule has 7 nitrogen and oxygen atoms in total. The molecule has 3 aromatic carbocycles. The summed E-state index contributed by atoms with van der Waals surface area (Å²) in [5.41, 5.74) is 4.02. The average molecular weight is 471 g/mol. The highest BCUT2D eigenvalue weighted by Gasteiger charge is 2.16. The van der Waals surface area contributed by atoms with Crippen LogP contribution >= 0.6 is 0 Å². The second kappa shape index (κ2) is 11.7. The Morgan fingerprint density at radius 1 is 0.971 bits per heavy atom. The zero-order valence-electron chi connectivity index (χ0n) is 19.3. The molecule has 7 heteroatoms. The molecule has 0 aliphatic carbocycles. The quantitative estimate of drug-likeness (QED) is 0.215. The van der Waals surface area contributed by atoms with E-state index in [4.69, 9.17) is 14.1 Å². The Morgan fingerprint density at radius 3 is 2.34 bits per heavy atom. The number of hydrogen-bond donors (Lipinski definition) is 1. The van der Waals surface area contributed by atoms with Gasteiger partial charge in [0.2, 0.25) is 0 Å². The van der Waals surface area contributed by atoms with Crippen LogP contribution in [0.4, 0.5) is 0 Å². The molecule has 0 bridgehead atoms. The highest BCUT2D eigenvalue weighted by Crippen LogP contribution is 2.21. The van der Waals surface area contributed by atoms with Gasteiger partial charge in [-0.25, -0.2) is 0 Å². The minimum absolute atomic E-state index is 0.252. The van der Waals surface area contributed by atoms with Gasteiger partial charge >= 0.3 is 5.97 Å². The normalized spacial score (nSPS) is 12.2. The lowest BCUT2D eigenvalue weighted by Gasteiger charge is -2.10. The molecule has 1 atom stereocenters. The Kier molecular flexibility index (Phi) is 7.91. The summed E-state index contributed by atoms with van der Waals surface area (Å²) in [5, 5.41) is 17.6. The zero-order chi connectivity index (χ0) is 24.5. The van der Waals surface area contributed by atoms with Crippen molar-refractivity contribution in [3.63, 3.8) is 0 Å². The Hall–Kier alpha value is -4.39. The summed E-state index contributed by atoms with van der Waals surface area (Å²) in [5.74, 6) is -0.0414.